The Kier molecular flexibility index (Phi) is 4.85. The van der Waals surface area contributed by atoms with E-state index in [1.807, 2.05) is 6.20 Å². The normalized spacial score (nSPS) is 17.8. The van der Waals surface area contributed by atoms with Gasteiger partial charge < -0.3 is 14.3 Å². The van der Waals surface area contributed by atoms with E-state index in [4.69, 9.17) is 17.0 Å². The Morgan fingerprint density at radius 2 is 2.00 bits per heavy atom. The van der Waals surface area contributed by atoms with Crippen LogP contribution in [0.4, 0.5) is 0 Å². The van der Waals surface area contributed by atoms with Gasteiger partial charge in [-0.2, -0.15) is 0 Å². The molecule has 0 unspecified atom stereocenters. The molecule has 1 heterocycles. The summed E-state index contributed by atoms with van der Waals surface area (Å²) in [6.07, 6.45) is 8.97. The molecule has 4 heteroatoms. The minimum absolute atomic E-state index is 0.110. The van der Waals surface area contributed by atoms with Crippen molar-refractivity contribution in [1.82, 2.24) is 9.55 Å². The van der Waals surface area contributed by atoms with Crippen LogP contribution in [0.3, 0.4) is 0 Å². The lowest BCUT2D eigenvalue weighted by atomic mass is 9.92. The first-order chi connectivity index (χ1) is 8.98. The van der Waals surface area contributed by atoms with Gasteiger partial charge in [0.2, 0.25) is 0 Å². The average molecular weight is 282 g/mol. The van der Waals surface area contributed by atoms with Crippen LogP contribution >= 0.6 is 12.2 Å². The molecular weight excluding hydrogens is 256 g/mol. The summed E-state index contributed by atoms with van der Waals surface area (Å²) in [4.78, 5) is 3.15. The molecule has 1 aromatic heterocycles. The van der Waals surface area contributed by atoms with Crippen LogP contribution in [0, 0.1) is 4.77 Å². The van der Waals surface area contributed by atoms with Crippen LogP contribution in [-0.4, -0.2) is 22.3 Å². The van der Waals surface area contributed by atoms with Gasteiger partial charge >= 0.3 is 0 Å². The maximum Gasteiger partial charge on any atom is 0.177 e. The van der Waals surface area contributed by atoms with Crippen LogP contribution in [-0.2, 0) is 16.7 Å². The van der Waals surface area contributed by atoms with Gasteiger partial charge in [-0.3, -0.25) is 0 Å². The zero-order valence-corrected chi connectivity index (χ0v) is 13.2. The quantitative estimate of drug-likeness (QED) is 0.839. The van der Waals surface area contributed by atoms with E-state index >= 15 is 0 Å². The summed E-state index contributed by atoms with van der Waals surface area (Å²) < 4.78 is 8.98. The van der Waals surface area contributed by atoms with Gasteiger partial charge in [0, 0.05) is 23.9 Å². The van der Waals surface area contributed by atoms with Crippen molar-refractivity contribution in [3.8, 4) is 0 Å². The molecule has 1 aliphatic carbocycles. The molecule has 1 fully saturated rings. The van der Waals surface area contributed by atoms with Gasteiger partial charge in [-0.1, -0.05) is 40.0 Å². The molecule has 0 saturated heterocycles. The average Bonchev–Trinajstić information content (AvgIpc) is 2.72. The van der Waals surface area contributed by atoms with Crippen molar-refractivity contribution in [2.24, 2.45) is 0 Å². The predicted octanol–water partition coefficient (Wildman–Crippen LogP) is 4.19. The van der Waals surface area contributed by atoms with Gasteiger partial charge in [0.25, 0.3) is 0 Å². The SMILES string of the molecule is CC(C)(C)c1c[nH]c(=S)n1CCOC1CCCCC1. The lowest BCUT2D eigenvalue weighted by Gasteiger charge is -2.24. The standard InChI is InChI=1S/C15H26N2OS/c1-15(2,3)13-11-16-14(19)17(13)9-10-18-12-7-5-4-6-8-12/h11-12H,4-10H2,1-3H3,(H,16,19). The fourth-order valence-electron chi connectivity index (χ4n) is 2.78. The minimum atomic E-state index is 0.110. The Labute approximate surface area is 121 Å². The second-order valence-electron chi connectivity index (χ2n) is 6.51. The third-order valence-electron chi connectivity index (χ3n) is 3.86. The molecule has 0 spiro atoms. The van der Waals surface area contributed by atoms with Crippen LogP contribution in [0.2, 0.25) is 0 Å². The van der Waals surface area contributed by atoms with Gasteiger partial charge in [0.05, 0.1) is 12.7 Å². The summed E-state index contributed by atoms with van der Waals surface area (Å²) in [5.41, 5.74) is 1.36. The highest BCUT2D eigenvalue weighted by Gasteiger charge is 2.19. The largest absolute Gasteiger partial charge is 0.376 e. The molecule has 1 aromatic rings. The summed E-state index contributed by atoms with van der Waals surface area (Å²) in [5.74, 6) is 0. The molecule has 0 radical (unpaired) electrons. The molecule has 0 aromatic carbocycles. The summed E-state index contributed by atoms with van der Waals surface area (Å²) in [7, 11) is 0. The highest BCUT2D eigenvalue weighted by Crippen LogP contribution is 2.23. The van der Waals surface area contributed by atoms with Crippen molar-refractivity contribution < 1.29 is 4.74 Å². The number of nitrogens with zero attached hydrogens (tertiary/aromatic N) is 1. The Bertz CT molecular complexity index is 449. The second kappa shape index (κ2) is 6.23. The molecule has 0 atom stereocenters. The second-order valence-corrected chi connectivity index (χ2v) is 6.90. The molecule has 19 heavy (non-hydrogen) atoms. The molecule has 0 aliphatic heterocycles. The van der Waals surface area contributed by atoms with Crippen LogP contribution < -0.4 is 0 Å². The third kappa shape index (κ3) is 3.93. The highest BCUT2D eigenvalue weighted by molar-refractivity contribution is 7.71. The molecule has 1 saturated carbocycles. The summed E-state index contributed by atoms with van der Waals surface area (Å²) >= 11 is 5.36. The van der Waals surface area contributed by atoms with Crippen LogP contribution in [0.5, 0.6) is 0 Å². The number of rotatable bonds is 4. The number of aromatic nitrogens is 2. The minimum Gasteiger partial charge on any atom is -0.376 e. The molecule has 2 rings (SSSR count). The Hall–Kier alpha value is -0.610. The molecule has 1 aliphatic rings. The topological polar surface area (TPSA) is 29.9 Å². The van der Waals surface area contributed by atoms with Crippen molar-refractivity contribution in [2.45, 2.75) is 70.9 Å². The highest BCUT2D eigenvalue weighted by atomic mass is 32.1. The predicted molar refractivity (Wildman–Crippen MR) is 81.1 cm³/mol. The summed E-state index contributed by atoms with van der Waals surface area (Å²) in [5, 5.41) is 0. The van der Waals surface area contributed by atoms with E-state index in [1.165, 1.54) is 37.8 Å². The molecule has 0 amide bonds. The number of hydrogen-bond acceptors (Lipinski definition) is 2. The number of imidazole rings is 1. The fourth-order valence-corrected chi connectivity index (χ4v) is 3.03. The summed E-state index contributed by atoms with van der Waals surface area (Å²) in [6.45, 7) is 8.25. The number of ether oxygens (including phenoxy) is 1. The molecule has 0 bridgehead atoms. The molecule has 3 nitrogen and oxygen atoms in total. The monoisotopic (exact) mass is 282 g/mol. The first-order valence-electron chi connectivity index (χ1n) is 7.39. The van der Waals surface area contributed by atoms with Crippen molar-refractivity contribution in [3.05, 3.63) is 16.7 Å². The van der Waals surface area contributed by atoms with Gasteiger partial charge in [-0.25, -0.2) is 0 Å². The van der Waals surface area contributed by atoms with Gasteiger partial charge in [0.1, 0.15) is 0 Å². The van der Waals surface area contributed by atoms with E-state index in [-0.39, 0.29) is 5.41 Å². The first kappa shape index (κ1) is 14.8. The molecular formula is C15H26N2OS. The number of hydrogen-bond donors (Lipinski definition) is 1. The zero-order valence-electron chi connectivity index (χ0n) is 12.4. The van der Waals surface area contributed by atoms with Gasteiger partial charge in [-0.05, 0) is 25.1 Å². The Morgan fingerprint density at radius 1 is 1.32 bits per heavy atom. The third-order valence-corrected chi connectivity index (χ3v) is 4.20. The van der Waals surface area contributed by atoms with E-state index in [9.17, 15) is 0 Å². The fraction of sp³-hybridized carbons (Fsp3) is 0.800. The maximum atomic E-state index is 6.00. The van der Waals surface area contributed by atoms with E-state index in [1.54, 1.807) is 0 Å². The van der Waals surface area contributed by atoms with Gasteiger partial charge in [0.15, 0.2) is 4.77 Å². The molecule has 1 N–H and O–H groups in total. The van der Waals surface area contributed by atoms with Crippen LogP contribution in [0.15, 0.2) is 6.20 Å². The summed E-state index contributed by atoms with van der Waals surface area (Å²) in [6, 6.07) is 0. The zero-order chi connectivity index (χ0) is 13.9. The van der Waals surface area contributed by atoms with Gasteiger partial charge in [-0.15, -0.1) is 0 Å². The Morgan fingerprint density at radius 3 is 2.63 bits per heavy atom. The first-order valence-corrected chi connectivity index (χ1v) is 7.79. The van der Waals surface area contributed by atoms with E-state index in [0.717, 1.165) is 17.9 Å². The van der Waals surface area contributed by atoms with Crippen LogP contribution in [0.1, 0.15) is 58.6 Å². The number of H-pyrrole nitrogens is 1. The van der Waals surface area contributed by atoms with E-state index in [0.29, 0.717) is 6.10 Å². The van der Waals surface area contributed by atoms with E-state index in [2.05, 4.69) is 30.3 Å². The van der Waals surface area contributed by atoms with Crippen molar-refractivity contribution in [3.63, 3.8) is 0 Å². The lowest BCUT2D eigenvalue weighted by Crippen LogP contribution is -2.22. The van der Waals surface area contributed by atoms with Crippen LogP contribution in [0.25, 0.3) is 0 Å². The van der Waals surface area contributed by atoms with Crippen molar-refractivity contribution in [2.75, 3.05) is 6.61 Å². The van der Waals surface area contributed by atoms with Crippen molar-refractivity contribution in [1.29, 1.82) is 0 Å². The maximum absolute atomic E-state index is 6.00. The molecule has 108 valence electrons. The number of aromatic amines is 1. The smallest absolute Gasteiger partial charge is 0.177 e. The number of nitrogens with one attached hydrogen (secondary N) is 1. The lowest BCUT2D eigenvalue weighted by molar-refractivity contribution is 0.0235. The van der Waals surface area contributed by atoms with Crippen molar-refractivity contribution >= 4 is 12.2 Å². The Balaban J connectivity index is 1.92. The van der Waals surface area contributed by atoms with E-state index < -0.39 is 0 Å².